The van der Waals surface area contributed by atoms with Gasteiger partial charge in [0.1, 0.15) is 5.75 Å². The van der Waals surface area contributed by atoms with Crippen LogP contribution in [0.15, 0.2) is 42.5 Å². The molecule has 0 fully saturated rings. The number of rotatable bonds is 2. The average Bonchev–Trinajstić information content (AvgIpc) is 2.47. The fourth-order valence-electron chi connectivity index (χ4n) is 2.51. The topological polar surface area (TPSA) is 55.6 Å². The maximum absolute atomic E-state index is 12.7. The quantitative estimate of drug-likeness (QED) is 0.861. The molecule has 0 aliphatic carbocycles. The van der Waals surface area contributed by atoms with Gasteiger partial charge in [-0.25, -0.2) is 0 Å². The monoisotopic (exact) mass is 316 g/mol. The van der Waals surface area contributed by atoms with Crippen molar-refractivity contribution in [3.05, 3.63) is 53.1 Å². The van der Waals surface area contributed by atoms with Gasteiger partial charge < -0.3 is 15.4 Å². The minimum absolute atomic E-state index is 0.0967. The highest BCUT2D eigenvalue weighted by Crippen LogP contribution is 2.39. The van der Waals surface area contributed by atoms with Crippen LogP contribution in [-0.2, 0) is 11.3 Å². The number of nitrogens with zero attached hydrogens (tertiary/aromatic N) is 1. The predicted octanol–water partition coefficient (Wildman–Crippen LogP) is 3.63. The first-order chi connectivity index (χ1) is 10.4. The van der Waals surface area contributed by atoms with Gasteiger partial charge in [0.25, 0.3) is 5.91 Å². The summed E-state index contributed by atoms with van der Waals surface area (Å²) in [5, 5.41) is 0.669. The van der Waals surface area contributed by atoms with E-state index in [9.17, 15) is 4.79 Å². The lowest BCUT2D eigenvalue weighted by Gasteiger charge is -2.39. The number of amides is 1. The van der Waals surface area contributed by atoms with Crippen LogP contribution < -0.4 is 15.4 Å². The molecule has 1 amide bonds. The summed E-state index contributed by atoms with van der Waals surface area (Å²) in [5.41, 5.74) is 7.23. The normalized spacial score (nSPS) is 16.1. The Labute approximate surface area is 134 Å². The minimum atomic E-state index is -0.907. The Morgan fingerprint density at radius 2 is 1.86 bits per heavy atom. The second-order valence-corrected chi connectivity index (χ2v) is 6.29. The van der Waals surface area contributed by atoms with Gasteiger partial charge in [0.2, 0.25) is 0 Å². The largest absolute Gasteiger partial charge is 0.476 e. The predicted molar refractivity (Wildman–Crippen MR) is 88.2 cm³/mol. The van der Waals surface area contributed by atoms with E-state index in [0.717, 1.165) is 5.56 Å². The molecule has 2 N–H and O–H groups in total. The molecule has 0 spiro atoms. The first kappa shape index (κ1) is 14.7. The molecule has 0 atom stereocenters. The molecule has 5 heteroatoms. The second-order valence-electron chi connectivity index (χ2n) is 5.86. The Hall–Kier alpha value is -2.20. The van der Waals surface area contributed by atoms with Crippen LogP contribution >= 0.6 is 11.6 Å². The summed E-state index contributed by atoms with van der Waals surface area (Å²) in [6.07, 6.45) is 0. The molecular weight excluding hydrogens is 300 g/mol. The molecule has 114 valence electrons. The van der Waals surface area contributed by atoms with Crippen molar-refractivity contribution in [3.63, 3.8) is 0 Å². The van der Waals surface area contributed by atoms with Crippen LogP contribution in [0, 0.1) is 0 Å². The maximum Gasteiger partial charge on any atom is 0.271 e. The molecule has 1 aliphatic rings. The summed E-state index contributed by atoms with van der Waals surface area (Å²) in [5.74, 6) is 0.563. The highest BCUT2D eigenvalue weighted by atomic mass is 35.5. The number of hydrogen-bond donors (Lipinski definition) is 1. The molecule has 0 aromatic heterocycles. The van der Waals surface area contributed by atoms with Gasteiger partial charge in [-0.1, -0.05) is 23.7 Å². The van der Waals surface area contributed by atoms with Crippen molar-refractivity contribution in [2.45, 2.75) is 26.0 Å². The van der Waals surface area contributed by atoms with E-state index < -0.39 is 5.60 Å². The lowest BCUT2D eigenvalue weighted by atomic mass is 10.0. The number of hydrogen-bond acceptors (Lipinski definition) is 3. The Morgan fingerprint density at radius 1 is 1.18 bits per heavy atom. The number of carbonyl (C=O) groups is 1. The van der Waals surface area contributed by atoms with Gasteiger partial charge >= 0.3 is 0 Å². The molecule has 22 heavy (non-hydrogen) atoms. The van der Waals surface area contributed by atoms with Crippen LogP contribution in [-0.4, -0.2) is 11.5 Å². The minimum Gasteiger partial charge on any atom is -0.476 e. The maximum atomic E-state index is 12.7. The van der Waals surface area contributed by atoms with Gasteiger partial charge in [-0.2, -0.15) is 0 Å². The van der Waals surface area contributed by atoms with E-state index in [4.69, 9.17) is 22.1 Å². The van der Waals surface area contributed by atoms with E-state index in [1.807, 2.05) is 24.3 Å². The zero-order valence-corrected chi connectivity index (χ0v) is 13.2. The van der Waals surface area contributed by atoms with Gasteiger partial charge in [-0.05, 0) is 49.7 Å². The van der Waals surface area contributed by atoms with E-state index in [1.54, 1.807) is 36.9 Å². The number of nitrogens with two attached hydrogens (primary N) is 1. The van der Waals surface area contributed by atoms with Gasteiger partial charge in [0, 0.05) is 10.7 Å². The van der Waals surface area contributed by atoms with E-state index in [2.05, 4.69) is 0 Å². The number of carbonyl (C=O) groups excluding carboxylic acids is 1. The Kier molecular flexibility index (Phi) is 3.49. The van der Waals surface area contributed by atoms with Gasteiger partial charge in [0.15, 0.2) is 5.60 Å². The zero-order valence-electron chi connectivity index (χ0n) is 12.5. The van der Waals surface area contributed by atoms with E-state index in [-0.39, 0.29) is 5.91 Å². The van der Waals surface area contributed by atoms with Crippen molar-refractivity contribution in [1.82, 2.24) is 0 Å². The van der Waals surface area contributed by atoms with E-state index in [1.165, 1.54) is 0 Å². The number of fused-ring (bicyclic) bond motifs is 1. The molecule has 0 saturated heterocycles. The Balaban J connectivity index is 2.02. The van der Waals surface area contributed by atoms with Gasteiger partial charge in [-0.3, -0.25) is 4.79 Å². The summed E-state index contributed by atoms with van der Waals surface area (Å²) in [7, 11) is 0. The SMILES string of the molecule is CC1(C)Oc2ccc(N)cc2N(Cc2ccc(Cl)cc2)C1=O. The first-order valence-electron chi connectivity index (χ1n) is 7.02. The lowest BCUT2D eigenvalue weighted by Crippen LogP contribution is -2.52. The fourth-order valence-corrected chi connectivity index (χ4v) is 2.64. The highest BCUT2D eigenvalue weighted by molar-refractivity contribution is 6.30. The van der Waals surface area contributed by atoms with Crippen LogP contribution in [0.5, 0.6) is 5.75 Å². The molecule has 3 rings (SSSR count). The molecular formula is C17H17ClN2O2. The second kappa shape index (κ2) is 5.21. The third-order valence-corrected chi connectivity index (χ3v) is 3.91. The summed E-state index contributed by atoms with van der Waals surface area (Å²) in [6, 6.07) is 12.8. The molecule has 0 bridgehead atoms. The molecule has 0 unspecified atom stereocenters. The van der Waals surface area contributed by atoms with E-state index >= 15 is 0 Å². The number of ether oxygens (including phenoxy) is 1. The lowest BCUT2D eigenvalue weighted by molar-refractivity contribution is -0.132. The molecule has 2 aromatic carbocycles. The van der Waals surface area contributed by atoms with E-state index in [0.29, 0.717) is 28.7 Å². The number of anilines is 2. The molecule has 0 radical (unpaired) electrons. The molecule has 1 heterocycles. The third-order valence-electron chi connectivity index (χ3n) is 3.65. The Morgan fingerprint density at radius 3 is 2.55 bits per heavy atom. The third kappa shape index (κ3) is 2.62. The van der Waals surface area contributed by atoms with Crippen molar-refractivity contribution in [2.24, 2.45) is 0 Å². The Bertz CT molecular complexity index is 726. The standard InChI is InChI=1S/C17H17ClN2O2/c1-17(2)16(21)20(10-11-3-5-12(18)6-4-11)14-9-13(19)7-8-15(14)22-17/h3-9H,10,19H2,1-2H3. The van der Waals surface area contributed by atoms with Crippen molar-refractivity contribution in [1.29, 1.82) is 0 Å². The van der Waals surface area contributed by atoms with Crippen molar-refractivity contribution in [3.8, 4) is 5.75 Å². The molecule has 0 saturated carbocycles. The first-order valence-corrected chi connectivity index (χ1v) is 7.39. The smallest absolute Gasteiger partial charge is 0.271 e. The zero-order chi connectivity index (χ0) is 15.9. The summed E-state index contributed by atoms with van der Waals surface area (Å²) in [6.45, 7) is 3.98. The molecule has 2 aromatic rings. The van der Waals surface area contributed by atoms with Crippen molar-refractivity contribution in [2.75, 3.05) is 10.6 Å². The molecule has 4 nitrogen and oxygen atoms in total. The van der Waals surface area contributed by atoms with Crippen LogP contribution in [0.25, 0.3) is 0 Å². The number of nitrogen functional groups attached to an aromatic ring is 1. The summed E-state index contributed by atoms with van der Waals surface area (Å²) < 4.78 is 5.81. The van der Waals surface area contributed by atoms with Gasteiger partial charge in [-0.15, -0.1) is 0 Å². The van der Waals surface area contributed by atoms with Gasteiger partial charge in [0.05, 0.1) is 12.2 Å². The van der Waals surface area contributed by atoms with Crippen LogP contribution in [0.3, 0.4) is 0 Å². The molecule has 1 aliphatic heterocycles. The average molecular weight is 317 g/mol. The number of halogens is 1. The van der Waals surface area contributed by atoms with Crippen molar-refractivity contribution >= 4 is 28.9 Å². The van der Waals surface area contributed by atoms with Crippen LogP contribution in [0.4, 0.5) is 11.4 Å². The summed E-state index contributed by atoms with van der Waals surface area (Å²) in [4.78, 5) is 14.4. The summed E-state index contributed by atoms with van der Waals surface area (Å²) >= 11 is 5.91. The fraction of sp³-hybridized carbons (Fsp3) is 0.235. The van der Waals surface area contributed by atoms with Crippen molar-refractivity contribution < 1.29 is 9.53 Å². The number of benzene rings is 2. The van der Waals surface area contributed by atoms with Crippen LogP contribution in [0.2, 0.25) is 5.02 Å². The highest BCUT2D eigenvalue weighted by Gasteiger charge is 2.40. The van der Waals surface area contributed by atoms with Crippen LogP contribution in [0.1, 0.15) is 19.4 Å².